The second-order valence-electron chi connectivity index (χ2n) is 16.4. The van der Waals surface area contributed by atoms with Gasteiger partial charge in [-0.05, 0) is 103 Å². The number of rotatable bonds is 8. The summed E-state index contributed by atoms with van der Waals surface area (Å²) in [6.45, 7) is 13.4. The molecule has 0 amide bonds. The van der Waals surface area contributed by atoms with Crippen molar-refractivity contribution in [1.82, 2.24) is 9.55 Å². The Kier molecular flexibility index (Phi) is 10.3. The third-order valence-corrected chi connectivity index (χ3v) is 12.0. The number of anilines is 4. The third-order valence-electron chi connectivity index (χ3n) is 12.0. The first-order valence-electron chi connectivity index (χ1n) is 20.4. The average molecular weight is 957 g/mol. The largest absolute Gasteiger partial charge is 0.493 e. The van der Waals surface area contributed by atoms with E-state index in [1.807, 2.05) is 6.20 Å². The van der Waals surface area contributed by atoms with Crippen molar-refractivity contribution in [2.45, 2.75) is 46.5 Å². The molecule has 0 fully saturated rings. The van der Waals surface area contributed by atoms with Crippen molar-refractivity contribution in [3.05, 3.63) is 222 Å². The first-order chi connectivity index (χ1) is 28.7. The maximum Gasteiger partial charge on any atom is 0.135 e. The van der Waals surface area contributed by atoms with Gasteiger partial charge < -0.3 is 14.4 Å². The minimum Gasteiger partial charge on any atom is -0.493 e. The number of hydrogen-bond donors (Lipinski definition) is 0. The summed E-state index contributed by atoms with van der Waals surface area (Å²) in [5, 5.41) is 2.35. The fourth-order valence-corrected chi connectivity index (χ4v) is 9.15. The molecule has 5 heteroatoms. The van der Waals surface area contributed by atoms with Crippen molar-refractivity contribution in [1.29, 1.82) is 0 Å². The SMILES string of the molecule is Cc1cc(C)c(-c2cc(Cc3[c-]c4c(cc3)c3ccccc3n4-c3cc(C(C)(C)c4ccccc4)ccn3)[c-]c(N3[CH-]N(c4ccccc4)c4ccccc43)c2)c(C)c1.[Pt]. The van der Waals surface area contributed by atoms with E-state index in [2.05, 4.69) is 226 Å². The fraction of sp³-hybridized carbons (Fsp3) is 0.127. The van der Waals surface area contributed by atoms with Gasteiger partial charge in [0.2, 0.25) is 0 Å². The van der Waals surface area contributed by atoms with Gasteiger partial charge in [-0.25, -0.2) is 4.98 Å². The van der Waals surface area contributed by atoms with Crippen molar-refractivity contribution in [2.75, 3.05) is 9.80 Å². The molecule has 2 aromatic heterocycles. The molecule has 0 saturated carbocycles. The van der Waals surface area contributed by atoms with E-state index in [1.165, 1.54) is 44.3 Å². The summed E-state index contributed by atoms with van der Waals surface area (Å²) in [5.41, 5.74) is 17.2. The number of nitrogens with zero attached hydrogens (tertiary/aromatic N) is 4. The van der Waals surface area contributed by atoms with Gasteiger partial charge in [-0.15, -0.1) is 29.4 Å². The van der Waals surface area contributed by atoms with E-state index in [4.69, 9.17) is 4.98 Å². The Morgan fingerprint density at radius 1 is 0.600 bits per heavy atom. The van der Waals surface area contributed by atoms with Crippen LogP contribution >= 0.6 is 0 Å². The predicted octanol–water partition coefficient (Wildman–Crippen LogP) is 13.7. The molecule has 0 spiro atoms. The Balaban J connectivity index is 0.00000462. The molecule has 0 saturated heterocycles. The van der Waals surface area contributed by atoms with Crippen molar-refractivity contribution in [3.63, 3.8) is 0 Å². The average Bonchev–Trinajstić information content (AvgIpc) is 3.80. The van der Waals surface area contributed by atoms with Gasteiger partial charge >= 0.3 is 0 Å². The second-order valence-corrected chi connectivity index (χ2v) is 16.4. The summed E-state index contributed by atoms with van der Waals surface area (Å²) in [6, 6.07) is 64.4. The molecule has 1 aliphatic rings. The van der Waals surface area contributed by atoms with Gasteiger partial charge in [0, 0.05) is 55.3 Å². The van der Waals surface area contributed by atoms with Gasteiger partial charge in [0.1, 0.15) is 5.82 Å². The third kappa shape index (κ3) is 6.93. The molecule has 4 nitrogen and oxygen atoms in total. The van der Waals surface area contributed by atoms with Gasteiger partial charge in [-0.2, -0.15) is 41.5 Å². The van der Waals surface area contributed by atoms with E-state index >= 15 is 0 Å². The number of hydrogen-bond acceptors (Lipinski definition) is 3. The molecule has 7 aromatic carbocycles. The molecule has 0 aliphatic carbocycles. The van der Waals surface area contributed by atoms with Gasteiger partial charge in [0.15, 0.2) is 0 Å². The van der Waals surface area contributed by atoms with E-state index in [0.717, 1.165) is 56.1 Å². The smallest absolute Gasteiger partial charge is 0.135 e. The van der Waals surface area contributed by atoms with Gasteiger partial charge in [0.05, 0.1) is 0 Å². The number of para-hydroxylation sites is 4. The van der Waals surface area contributed by atoms with Gasteiger partial charge in [0.25, 0.3) is 0 Å². The van der Waals surface area contributed by atoms with Crippen LogP contribution in [0.3, 0.4) is 0 Å². The molecule has 9 aromatic rings. The van der Waals surface area contributed by atoms with Gasteiger partial charge in [-0.1, -0.05) is 116 Å². The Hall–Kier alpha value is -6.22. The Labute approximate surface area is 368 Å². The van der Waals surface area contributed by atoms with Crippen molar-refractivity contribution in [3.8, 4) is 16.9 Å². The second kappa shape index (κ2) is 15.8. The van der Waals surface area contributed by atoms with E-state index in [-0.39, 0.29) is 26.5 Å². The molecule has 0 unspecified atom stereocenters. The summed E-state index contributed by atoms with van der Waals surface area (Å²) in [4.78, 5) is 9.55. The van der Waals surface area contributed by atoms with E-state index in [9.17, 15) is 0 Å². The Morgan fingerprint density at radius 3 is 2.02 bits per heavy atom. The van der Waals surface area contributed by atoms with Crippen LogP contribution < -0.4 is 9.80 Å². The van der Waals surface area contributed by atoms with Crippen LogP contribution in [0.4, 0.5) is 22.7 Å². The summed E-state index contributed by atoms with van der Waals surface area (Å²) < 4.78 is 2.29. The first-order valence-corrected chi connectivity index (χ1v) is 20.4. The number of aromatic nitrogens is 2. The normalized spacial score (nSPS) is 12.6. The van der Waals surface area contributed by atoms with Crippen molar-refractivity contribution >= 4 is 44.6 Å². The molecular formula is C55H45N4Pt-3. The van der Waals surface area contributed by atoms with E-state index in [1.54, 1.807) is 0 Å². The van der Waals surface area contributed by atoms with Gasteiger partial charge in [-0.3, -0.25) is 0 Å². The van der Waals surface area contributed by atoms with E-state index in [0.29, 0.717) is 6.42 Å². The summed E-state index contributed by atoms with van der Waals surface area (Å²) in [6.07, 6.45) is 2.61. The zero-order valence-corrected chi connectivity index (χ0v) is 36.8. The molecule has 60 heavy (non-hydrogen) atoms. The van der Waals surface area contributed by atoms with Crippen LogP contribution in [0.25, 0.3) is 38.8 Å². The maximum atomic E-state index is 5.00. The summed E-state index contributed by atoms with van der Waals surface area (Å²) in [7, 11) is 0. The molecule has 0 N–H and O–H groups in total. The number of fused-ring (bicyclic) bond motifs is 4. The first kappa shape index (κ1) is 39.3. The minimum atomic E-state index is -0.204. The van der Waals surface area contributed by atoms with Crippen LogP contribution in [-0.4, -0.2) is 9.55 Å². The Bertz CT molecular complexity index is 3000. The van der Waals surface area contributed by atoms with E-state index < -0.39 is 0 Å². The molecule has 1 aliphatic heterocycles. The molecule has 10 rings (SSSR count). The topological polar surface area (TPSA) is 24.3 Å². The number of aryl methyl sites for hydroxylation is 3. The molecule has 0 radical (unpaired) electrons. The standard InChI is InChI=1S/C55H45N4.Pt/c1-37-28-38(2)54(39(3)29-37)42-31-41(32-46(34-42)58-36-57(45-18-10-7-11-19-45)50-22-14-15-23-51(50)58)30-40-24-25-48-47-20-12-13-21-49(47)59(52(48)33-40)53-35-44(26-27-56-53)55(4,5)43-16-8-6-9-17-43;/h6-29,31,34-36H,30H2,1-5H3;/q-3;. The minimum absolute atomic E-state index is 0. The van der Waals surface area contributed by atoms with Crippen LogP contribution in [-0.2, 0) is 32.9 Å². The fourth-order valence-electron chi connectivity index (χ4n) is 9.15. The van der Waals surface area contributed by atoms with Crippen LogP contribution in [0, 0.1) is 39.6 Å². The molecule has 3 heterocycles. The molecule has 0 atom stereocenters. The zero-order chi connectivity index (χ0) is 40.3. The molecular weight excluding hydrogens is 912 g/mol. The Morgan fingerprint density at radius 2 is 1.27 bits per heavy atom. The maximum absolute atomic E-state index is 5.00. The van der Waals surface area contributed by atoms with Crippen LogP contribution in [0.2, 0.25) is 0 Å². The van der Waals surface area contributed by atoms with Crippen LogP contribution in [0.5, 0.6) is 0 Å². The summed E-state index contributed by atoms with van der Waals surface area (Å²) in [5.74, 6) is 0.887. The van der Waals surface area contributed by atoms with Crippen LogP contribution in [0.1, 0.15) is 52.8 Å². The monoisotopic (exact) mass is 956 g/mol. The summed E-state index contributed by atoms with van der Waals surface area (Å²) >= 11 is 0. The number of benzene rings is 7. The predicted molar refractivity (Wildman–Crippen MR) is 245 cm³/mol. The quantitative estimate of drug-likeness (QED) is 0.142. The zero-order valence-electron chi connectivity index (χ0n) is 34.5. The molecule has 298 valence electrons. The van der Waals surface area contributed by atoms with Crippen molar-refractivity contribution < 1.29 is 21.1 Å². The van der Waals surface area contributed by atoms with Crippen LogP contribution in [0.15, 0.2) is 164 Å². The number of pyridine rings is 1. The molecule has 0 bridgehead atoms. The van der Waals surface area contributed by atoms with Crippen molar-refractivity contribution in [2.24, 2.45) is 0 Å².